The molecule has 4 heteroatoms. The molecule has 1 heterocycles. The number of nitrogens with zero attached hydrogens (tertiary/aromatic N) is 3. The molecule has 0 aliphatic heterocycles. The van der Waals surface area contributed by atoms with Gasteiger partial charge >= 0.3 is 0 Å². The van der Waals surface area contributed by atoms with Crippen LogP contribution in [0.5, 0.6) is 0 Å². The normalized spacial score (nSPS) is 12.5. The van der Waals surface area contributed by atoms with E-state index in [1.54, 1.807) is 0 Å². The Morgan fingerprint density at radius 3 is 2.38 bits per heavy atom. The van der Waals surface area contributed by atoms with Crippen LogP contribution in [0.15, 0.2) is 36.4 Å². The van der Waals surface area contributed by atoms with Crippen molar-refractivity contribution in [3.8, 4) is 11.4 Å². The molecule has 21 heavy (non-hydrogen) atoms. The molecule has 2 aromatic rings. The fourth-order valence-electron chi connectivity index (χ4n) is 2.37. The Bertz CT molecular complexity index is 584. The predicted octanol–water partition coefficient (Wildman–Crippen LogP) is 4.67. The molecule has 0 saturated heterocycles. The summed E-state index contributed by atoms with van der Waals surface area (Å²) in [7, 11) is 2.06. The molecule has 0 aliphatic carbocycles. The average molecular weight is 304 g/mol. The molecule has 3 nitrogen and oxygen atoms in total. The van der Waals surface area contributed by atoms with Crippen LogP contribution in [0.3, 0.4) is 0 Å². The van der Waals surface area contributed by atoms with Crippen LogP contribution >= 0.6 is 11.6 Å². The summed E-state index contributed by atoms with van der Waals surface area (Å²) in [4.78, 5) is 11.2. The second-order valence-electron chi connectivity index (χ2n) is 5.83. The smallest absolute Gasteiger partial charge is 0.163 e. The van der Waals surface area contributed by atoms with Crippen molar-refractivity contribution >= 4 is 17.4 Å². The number of aromatic nitrogens is 2. The van der Waals surface area contributed by atoms with Crippen molar-refractivity contribution in [2.75, 3.05) is 11.9 Å². The van der Waals surface area contributed by atoms with Crippen LogP contribution in [0.25, 0.3) is 11.4 Å². The van der Waals surface area contributed by atoms with Gasteiger partial charge in [-0.3, -0.25) is 0 Å². The third kappa shape index (κ3) is 4.18. The lowest BCUT2D eigenvalue weighted by molar-refractivity contribution is 0.502. The van der Waals surface area contributed by atoms with Gasteiger partial charge in [0.05, 0.1) is 0 Å². The Hall–Kier alpha value is -1.61. The Balaban J connectivity index is 2.31. The topological polar surface area (TPSA) is 29.0 Å². The molecule has 0 saturated carbocycles. The molecule has 1 unspecified atom stereocenters. The van der Waals surface area contributed by atoms with Crippen molar-refractivity contribution < 1.29 is 0 Å². The van der Waals surface area contributed by atoms with Gasteiger partial charge in [-0.1, -0.05) is 55.8 Å². The summed E-state index contributed by atoms with van der Waals surface area (Å²) >= 11 is 6.18. The lowest BCUT2D eigenvalue weighted by Gasteiger charge is -2.27. The molecular weight excluding hydrogens is 282 g/mol. The number of benzene rings is 1. The first-order valence-corrected chi connectivity index (χ1v) is 7.68. The van der Waals surface area contributed by atoms with Gasteiger partial charge in [-0.25, -0.2) is 9.97 Å². The molecule has 0 bridgehead atoms. The minimum absolute atomic E-state index is 0.402. The van der Waals surface area contributed by atoms with Crippen LogP contribution in [0.2, 0.25) is 5.15 Å². The highest BCUT2D eigenvalue weighted by molar-refractivity contribution is 6.29. The number of anilines is 1. The zero-order valence-corrected chi connectivity index (χ0v) is 13.8. The van der Waals surface area contributed by atoms with Gasteiger partial charge in [0.2, 0.25) is 0 Å². The molecule has 1 atom stereocenters. The van der Waals surface area contributed by atoms with Crippen LogP contribution in [0, 0.1) is 5.92 Å². The van der Waals surface area contributed by atoms with E-state index >= 15 is 0 Å². The first-order valence-electron chi connectivity index (χ1n) is 7.30. The second kappa shape index (κ2) is 6.90. The van der Waals surface area contributed by atoms with Crippen LogP contribution in [-0.4, -0.2) is 23.1 Å². The molecule has 1 aromatic carbocycles. The molecule has 0 spiro atoms. The van der Waals surface area contributed by atoms with Crippen LogP contribution < -0.4 is 4.90 Å². The summed E-state index contributed by atoms with van der Waals surface area (Å²) in [5, 5.41) is 0.474. The highest BCUT2D eigenvalue weighted by Gasteiger charge is 2.15. The van der Waals surface area contributed by atoms with E-state index in [1.807, 2.05) is 36.4 Å². The SMILES string of the molecule is CC(C)CC(C)N(C)c1cc(Cl)nc(-c2ccccc2)n1. The summed E-state index contributed by atoms with van der Waals surface area (Å²) in [6.45, 7) is 6.66. The standard InChI is InChI=1S/C17H22ClN3/c1-12(2)10-13(3)21(4)16-11-15(18)19-17(20-16)14-8-6-5-7-9-14/h5-9,11-13H,10H2,1-4H3. The van der Waals surface area contributed by atoms with E-state index < -0.39 is 0 Å². The number of hydrogen-bond donors (Lipinski definition) is 0. The quantitative estimate of drug-likeness (QED) is 0.752. The molecule has 0 aliphatic rings. The van der Waals surface area contributed by atoms with Gasteiger partial charge in [0, 0.05) is 24.7 Å². The molecule has 1 aromatic heterocycles. The Morgan fingerprint density at radius 1 is 1.10 bits per heavy atom. The van der Waals surface area contributed by atoms with E-state index in [1.165, 1.54) is 0 Å². The van der Waals surface area contributed by atoms with E-state index in [0.29, 0.717) is 22.9 Å². The maximum Gasteiger partial charge on any atom is 0.163 e. The predicted molar refractivity (Wildman–Crippen MR) is 89.8 cm³/mol. The first-order chi connectivity index (χ1) is 9.97. The molecule has 112 valence electrons. The third-order valence-corrected chi connectivity index (χ3v) is 3.74. The molecular formula is C17H22ClN3. The van der Waals surface area contributed by atoms with Crippen molar-refractivity contribution in [3.05, 3.63) is 41.6 Å². The summed E-state index contributed by atoms with van der Waals surface area (Å²) in [6.07, 6.45) is 1.11. The van der Waals surface area contributed by atoms with Crippen molar-refractivity contribution in [1.82, 2.24) is 9.97 Å². The van der Waals surface area contributed by atoms with Crippen molar-refractivity contribution in [2.24, 2.45) is 5.92 Å². The molecule has 0 fully saturated rings. The fourth-order valence-corrected chi connectivity index (χ4v) is 2.55. The summed E-state index contributed by atoms with van der Waals surface area (Å²) in [5.74, 6) is 2.18. The van der Waals surface area contributed by atoms with Gasteiger partial charge < -0.3 is 4.90 Å². The number of halogens is 1. The van der Waals surface area contributed by atoms with Crippen LogP contribution in [-0.2, 0) is 0 Å². The minimum atomic E-state index is 0.402. The van der Waals surface area contributed by atoms with Gasteiger partial charge in [-0.2, -0.15) is 0 Å². The zero-order chi connectivity index (χ0) is 15.4. The maximum absolute atomic E-state index is 6.18. The highest BCUT2D eigenvalue weighted by atomic mass is 35.5. The van der Waals surface area contributed by atoms with Crippen molar-refractivity contribution in [1.29, 1.82) is 0 Å². The molecule has 2 rings (SSSR count). The Kier molecular flexibility index (Phi) is 5.18. The molecule has 0 amide bonds. The lowest BCUT2D eigenvalue weighted by Crippen LogP contribution is -2.30. The largest absolute Gasteiger partial charge is 0.357 e. The van der Waals surface area contributed by atoms with Gasteiger partial charge in [0.1, 0.15) is 11.0 Å². The van der Waals surface area contributed by atoms with Crippen LogP contribution in [0.4, 0.5) is 5.82 Å². The molecule has 0 radical (unpaired) electrons. The van der Waals surface area contributed by atoms with Gasteiger partial charge in [-0.15, -0.1) is 0 Å². The van der Waals surface area contributed by atoms with E-state index in [4.69, 9.17) is 11.6 Å². The van der Waals surface area contributed by atoms with Gasteiger partial charge in [-0.05, 0) is 19.3 Å². The van der Waals surface area contributed by atoms with Gasteiger partial charge in [0.15, 0.2) is 5.82 Å². The first kappa shape index (κ1) is 15.8. The van der Waals surface area contributed by atoms with Crippen molar-refractivity contribution in [3.63, 3.8) is 0 Å². The van der Waals surface area contributed by atoms with Crippen molar-refractivity contribution in [2.45, 2.75) is 33.2 Å². The summed E-state index contributed by atoms with van der Waals surface area (Å²) < 4.78 is 0. The summed E-state index contributed by atoms with van der Waals surface area (Å²) in [5.41, 5.74) is 0.978. The minimum Gasteiger partial charge on any atom is -0.357 e. The van der Waals surface area contributed by atoms with E-state index in [9.17, 15) is 0 Å². The Morgan fingerprint density at radius 2 is 1.76 bits per heavy atom. The van der Waals surface area contributed by atoms with Crippen LogP contribution in [0.1, 0.15) is 27.2 Å². The summed E-state index contributed by atoms with van der Waals surface area (Å²) in [6, 6.07) is 12.1. The lowest BCUT2D eigenvalue weighted by atomic mass is 10.0. The number of hydrogen-bond acceptors (Lipinski definition) is 3. The monoisotopic (exact) mass is 303 g/mol. The fraction of sp³-hybridized carbons (Fsp3) is 0.412. The molecule has 0 N–H and O–H groups in total. The Labute approximate surface area is 132 Å². The average Bonchev–Trinajstić information content (AvgIpc) is 2.46. The van der Waals surface area contributed by atoms with E-state index in [-0.39, 0.29) is 0 Å². The third-order valence-electron chi connectivity index (χ3n) is 3.55. The maximum atomic E-state index is 6.18. The number of rotatable bonds is 5. The highest BCUT2D eigenvalue weighted by Crippen LogP contribution is 2.24. The van der Waals surface area contributed by atoms with E-state index in [0.717, 1.165) is 17.8 Å². The van der Waals surface area contributed by atoms with Gasteiger partial charge in [0.25, 0.3) is 0 Å². The second-order valence-corrected chi connectivity index (χ2v) is 6.22. The van der Waals surface area contributed by atoms with E-state index in [2.05, 4.69) is 42.7 Å². The zero-order valence-electron chi connectivity index (χ0n) is 13.0.